The van der Waals surface area contributed by atoms with Crippen LogP contribution in [0.4, 0.5) is 0 Å². The van der Waals surface area contributed by atoms with Crippen LogP contribution in [0.3, 0.4) is 0 Å². The van der Waals surface area contributed by atoms with E-state index in [9.17, 15) is 0 Å². The van der Waals surface area contributed by atoms with Gasteiger partial charge in [-0.2, -0.15) is 0 Å². The number of hydrogen-bond acceptors (Lipinski definition) is 3. The van der Waals surface area contributed by atoms with Crippen molar-refractivity contribution in [2.75, 3.05) is 26.2 Å². The maximum absolute atomic E-state index is 5.72. The highest BCUT2D eigenvalue weighted by atomic mass is 16.5. The van der Waals surface area contributed by atoms with Crippen LogP contribution in [0.2, 0.25) is 0 Å². The fraction of sp³-hybridized carbons (Fsp3) is 1.00. The van der Waals surface area contributed by atoms with Gasteiger partial charge in [0.15, 0.2) is 0 Å². The van der Waals surface area contributed by atoms with Crippen LogP contribution >= 0.6 is 0 Å². The van der Waals surface area contributed by atoms with Crippen LogP contribution in [0.15, 0.2) is 0 Å². The van der Waals surface area contributed by atoms with Crippen molar-refractivity contribution in [3.8, 4) is 0 Å². The van der Waals surface area contributed by atoms with Crippen molar-refractivity contribution in [2.45, 2.75) is 58.6 Å². The van der Waals surface area contributed by atoms with Gasteiger partial charge in [0.1, 0.15) is 0 Å². The molecule has 0 amide bonds. The summed E-state index contributed by atoms with van der Waals surface area (Å²) in [6.07, 6.45) is 5.41. The van der Waals surface area contributed by atoms with Gasteiger partial charge < -0.3 is 15.4 Å². The predicted octanol–water partition coefficient (Wildman–Crippen LogP) is 2.25. The molecule has 0 heterocycles. The summed E-state index contributed by atoms with van der Waals surface area (Å²) in [6.45, 7) is 10.5. The Bertz CT molecular complexity index is 193. The van der Waals surface area contributed by atoms with Crippen LogP contribution in [0, 0.1) is 5.92 Å². The molecule has 0 saturated heterocycles. The molecule has 0 spiro atoms. The third-order valence-corrected chi connectivity index (χ3v) is 3.46. The molecule has 1 saturated carbocycles. The van der Waals surface area contributed by atoms with Crippen LogP contribution in [0.25, 0.3) is 0 Å². The summed E-state index contributed by atoms with van der Waals surface area (Å²) in [5, 5.41) is 0. The average Bonchev–Trinajstić information content (AvgIpc) is 3.11. The van der Waals surface area contributed by atoms with Gasteiger partial charge in [-0.25, -0.2) is 0 Å². The van der Waals surface area contributed by atoms with E-state index < -0.39 is 0 Å². The zero-order valence-electron chi connectivity index (χ0n) is 11.8. The molecule has 1 atom stereocenters. The summed E-state index contributed by atoms with van der Waals surface area (Å²) in [4.78, 5) is 2.64. The van der Waals surface area contributed by atoms with Crippen LogP contribution in [-0.2, 0) is 4.74 Å². The van der Waals surface area contributed by atoms with Crippen molar-refractivity contribution in [2.24, 2.45) is 11.7 Å². The van der Waals surface area contributed by atoms with Gasteiger partial charge in [-0.3, -0.25) is 0 Å². The zero-order valence-corrected chi connectivity index (χ0v) is 11.8. The van der Waals surface area contributed by atoms with Crippen molar-refractivity contribution in [3.05, 3.63) is 0 Å². The van der Waals surface area contributed by atoms with E-state index in [1.165, 1.54) is 25.8 Å². The fourth-order valence-electron chi connectivity index (χ4n) is 2.16. The molecule has 1 fully saturated rings. The monoisotopic (exact) mass is 242 g/mol. The molecule has 0 bridgehead atoms. The molecule has 0 aromatic heterocycles. The van der Waals surface area contributed by atoms with Gasteiger partial charge in [0.2, 0.25) is 0 Å². The highest BCUT2D eigenvalue weighted by Gasteiger charge is 2.28. The predicted molar refractivity (Wildman–Crippen MR) is 73.1 cm³/mol. The van der Waals surface area contributed by atoms with E-state index in [1.807, 2.05) is 6.92 Å². The Morgan fingerprint density at radius 2 is 1.88 bits per heavy atom. The number of nitrogens with two attached hydrogens (primary N) is 1. The average molecular weight is 242 g/mol. The summed E-state index contributed by atoms with van der Waals surface area (Å²) in [7, 11) is 0. The Hall–Kier alpha value is -0.120. The molecule has 1 aliphatic rings. The van der Waals surface area contributed by atoms with E-state index in [0.29, 0.717) is 6.54 Å². The molecule has 102 valence electrons. The number of hydrogen-bond donors (Lipinski definition) is 1. The molecular weight excluding hydrogens is 212 g/mol. The van der Waals surface area contributed by atoms with Crippen molar-refractivity contribution >= 4 is 0 Å². The second-order valence-corrected chi connectivity index (χ2v) is 5.55. The number of rotatable bonds is 10. The summed E-state index contributed by atoms with van der Waals surface area (Å²) in [5.74, 6) is 0.799. The third-order valence-electron chi connectivity index (χ3n) is 3.46. The summed E-state index contributed by atoms with van der Waals surface area (Å²) in [6, 6.07) is 0.855. The first kappa shape index (κ1) is 14.9. The van der Waals surface area contributed by atoms with Gasteiger partial charge in [-0.1, -0.05) is 13.8 Å². The number of nitrogens with zero attached hydrogens (tertiary/aromatic N) is 1. The van der Waals surface area contributed by atoms with Gasteiger partial charge in [0.25, 0.3) is 0 Å². The quantitative estimate of drug-likeness (QED) is 0.638. The maximum atomic E-state index is 5.72. The fourth-order valence-corrected chi connectivity index (χ4v) is 2.16. The topological polar surface area (TPSA) is 38.5 Å². The Balaban J connectivity index is 2.23. The largest absolute Gasteiger partial charge is 0.377 e. The SMILES string of the molecule is CCOC(CN)CCN(CCC(C)C)C1CC1. The highest BCUT2D eigenvalue weighted by Crippen LogP contribution is 2.27. The number of ether oxygens (including phenoxy) is 1. The first-order valence-electron chi connectivity index (χ1n) is 7.23. The second kappa shape index (κ2) is 8.06. The molecule has 3 heteroatoms. The van der Waals surface area contributed by atoms with E-state index >= 15 is 0 Å². The van der Waals surface area contributed by atoms with Crippen molar-refractivity contribution < 1.29 is 4.74 Å². The van der Waals surface area contributed by atoms with Crippen molar-refractivity contribution in [3.63, 3.8) is 0 Å². The zero-order chi connectivity index (χ0) is 12.7. The van der Waals surface area contributed by atoms with Gasteiger partial charge in [-0.05, 0) is 45.1 Å². The Labute approximate surface area is 107 Å². The van der Waals surface area contributed by atoms with Crippen LogP contribution in [0.5, 0.6) is 0 Å². The molecule has 3 nitrogen and oxygen atoms in total. The molecule has 1 rings (SSSR count). The maximum Gasteiger partial charge on any atom is 0.0709 e. The molecular formula is C14H30N2O. The van der Waals surface area contributed by atoms with E-state index in [4.69, 9.17) is 10.5 Å². The lowest BCUT2D eigenvalue weighted by Crippen LogP contribution is -2.34. The molecule has 0 aromatic rings. The normalized spacial score (nSPS) is 18.0. The highest BCUT2D eigenvalue weighted by molar-refractivity contribution is 4.85. The first-order chi connectivity index (χ1) is 8.17. The first-order valence-corrected chi connectivity index (χ1v) is 7.23. The molecule has 0 aliphatic heterocycles. The lowest BCUT2D eigenvalue weighted by atomic mass is 10.1. The molecule has 0 radical (unpaired) electrons. The minimum Gasteiger partial charge on any atom is -0.377 e. The smallest absolute Gasteiger partial charge is 0.0709 e. The lowest BCUT2D eigenvalue weighted by molar-refractivity contribution is 0.0531. The molecule has 17 heavy (non-hydrogen) atoms. The standard InChI is InChI=1S/C14H30N2O/c1-4-17-14(11-15)8-10-16(13-5-6-13)9-7-12(2)3/h12-14H,4-11,15H2,1-3H3. The van der Waals surface area contributed by atoms with E-state index in [-0.39, 0.29) is 6.10 Å². The van der Waals surface area contributed by atoms with Crippen LogP contribution in [-0.4, -0.2) is 43.3 Å². The summed E-state index contributed by atoms with van der Waals surface area (Å²) < 4.78 is 5.62. The lowest BCUT2D eigenvalue weighted by Gasteiger charge is -2.25. The van der Waals surface area contributed by atoms with Gasteiger partial charge in [-0.15, -0.1) is 0 Å². The van der Waals surface area contributed by atoms with Crippen LogP contribution in [0.1, 0.15) is 46.5 Å². The van der Waals surface area contributed by atoms with Gasteiger partial charge in [0.05, 0.1) is 6.10 Å². The Kier molecular flexibility index (Phi) is 7.09. The molecule has 0 aromatic carbocycles. The molecule has 1 aliphatic carbocycles. The summed E-state index contributed by atoms with van der Waals surface area (Å²) >= 11 is 0. The van der Waals surface area contributed by atoms with Gasteiger partial charge >= 0.3 is 0 Å². The third kappa shape index (κ3) is 6.39. The minimum atomic E-state index is 0.250. The van der Waals surface area contributed by atoms with Crippen molar-refractivity contribution in [1.82, 2.24) is 4.90 Å². The second-order valence-electron chi connectivity index (χ2n) is 5.55. The Morgan fingerprint density at radius 1 is 1.24 bits per heavy atom. The van der Waals surface area contributed by atoms with Crippen LogP contribution < -0.4 is 5.73 Å². The van der Waals surface area contributed by atoms with Gasteiger partial charge in [0, 0.05) is 25.7 Å². The molecule has 1 unspecified atom stereocenters. The minimum absolute atomic E-state index is 0.250. The van der Waals surface area contributed by atoms with E-state index in [0.717, 1.165) is 31.5 Å². The summed E-state index contributed by atoms with van der Waals surface area (Å²) in [5.41, 5.74) is 5.72. The molecule has 2 N–H and O–H groups in total. The Morgan fingerprint density at radius 3 is 2.35 bits per heavy atom. The van der Waals surface area contributed by atoms with E-state index in [2.05, 4.69) is 18.7 Å². The van der Waals surface area contributed by atoms with E-state index in [1.54, 1.807) is 0 Å². The van der Waals surface area contributed by atoms with Crippen molar-refractivity contribution in [1.29, 1.82) is 0 Å².